The molecule has 0 fully saturated rings. The number of nitrogens with one attached hydrogen (secondary N) is 2. The number of thiocarbonyl (C=S) groups is 1. The quantitative estimate of drug-likeness (QED) is 0.495. The molecule has 0 spiro atoms. The lowest BCUT2D eigenvalue weighted by molar-refractivity contribution is 0.339. The fraction of sp³-hybridized carbons (Fsp3) is 0.333. The van der Waals surface area contributed by atoms with Crippen molar-refractivity contribution in [1.82, 2.24) is 10.7 Å². The van der Waals surface area contributed by atoms with Crippen LogP contribution in [0.25, 0.3) is 0 Å². The number of hydrogen-bond donors (Lipinski definition) is 2. The number of hydrogen-bond acceptors (Lipinski definition) is 3. The molecule has 0 amide bonds. The zero-order valence-corrected chi connectivity index (χ0v) is 12.8. The van der Waals surface area contributed by atoms with Gasteiger partial charge in [0.25, 0.3) is 0 Å². The Balaban J connectivity index is 2.72. The fourth-order valence-corrected chi connectivity index (χ4v) is 1.84. The van der Waals surface area contributed by atoms with Gasteiger partial charge in [-0.1, -0.05) is 15.9 Å². The van der Waals surface area contributed by atoms with Crippen molar-refractivity contribution in [2.75, 3.05) is 13.2 Å². The Hall–Kier alpha value is -1.14. The van der Waals surface area contributed by atoms with Gasteiger partial charge in [-0.25, -0.2) is 0 Å². The zero-order chi connectivity index (χ0) is 13.4. The van der Waals surface area contributed by atoms with Gasteiger partial charge in [-0.05, 0) is 44.3 Å². The maximum absolute atomic E-state index is 5.51. The molecule has 0 heterocycles. The summed E-state index contributed by atoms with van der Waals surface area (Å²) in [5.41, 5.74) is 3.63. The number of nitrogens with zero attached hydrogens (tertiary/aromatic N) is 1. The Labute approximate surface area is 121 Å². The standard InChI is InChI=1S/C12H16BrN3OS/c1-3-14-12(18)16-15-8-9-7-10(13)5-6-11(9)17-4-2/h5-8H,3-4H2,1-2H3,(H2,14,16,18)/b15-8-. The van der Waals surface area contributed by atoms with Crippen LogP contribution in [0.4, 0.5) is 0 Å². The maximum Gasteiger partial charge on any atom is 0.186 e. The molecule has 0 aromatic heterocycles. The molecule has 98 valence electrons. The second-order valence-corrected chi connectivity index (χ2v) is 4.67. The Bertz CT molecular complexity index is 437. The van der Waals surface area contributed by atoms with Crippen LogP contribution in [0.5, 0.6) is 5.75 Å². The molecular formula is C12H16BrN3OS. The van der Waals surface area contributed by atoms with Crippen LogP contribution in [0.2, 0.25) is 0 Å². The molecule has 1 aromatic carbocycles. The summed E-state index contributed by atoms with van der Waals surface area (Å²) in [7, 11) is 0. The third kappa shape index (κ3) is 5.01. The van der Waals surface area contributed by atoms with E-state index in [0.717, 1.165) is 22.3 Å². The van der Waals surface area contributed by atoms with Gasteiger partial charge < -0.3 is 10.1 Å². The van der Waals surface area contributed by atoms with E-state index in [4.69, 9.17) is 17.0 Å². The highest BCUT2D eigenvalue weighted by molar-refractivity contribution is 9.10. The van der Waals surface area contributed by atoms with Gasteiger partial charge in [-0.2, -0.15) is 5.10 Å². The summed E-state index contributed by atoms with van der Waals surface area (Å²) in [6.07, 6.45) is 1.68. The summed E-state index contributed by atoms with van der Waals surface area (Å²) in [6, 6.07) is 5.77. The van der Waals surface area contributed by atoms with Crippen molar-refractivity contribution in [2.24, 2.45) is 5.10 Å². The topological polar surface area (TPSA) is 45.7 Å². The minimum atomic E-state index is 0.502. The molecule has 2 N–H and O–H groups in total. The SMILES string of the molecule is CCNC(=S)N/N=C\c1cc(Br)ccc1OCC. The molecule has 1 aromatic rings. The van der Waals surface area contributed by atoms with Gasteiger partial charge in [-0.3, -0.25) is 5.43 Å². The van der Waals surface area contributed by atoms with Crippen molar-refractivity contribution in [3.05, 3.63) is 28.2 Å². The minimum absolute atomic E-state index is 0.502. The van der Waals surface area contributed by atoms with Crippen molar-refractivity contribution in [3.8, 4) is 5.75 Å². The Morgan fingerprint density at radius 2 is 2.28 bits per heavy atom. The summed E-state index contributed by atoms with van der Waals surface area (Å²) >= 11 is 8.42. The van der Waals surface area contributed by atoms with Crippen LogP contribution in [0.15, 0.2) is 27.8 Å². The number of benzene rings is 1. The summed E-state index contributed by atoms with van der Waals surface area (Å²) < 4.78 is 6.48. The van der Waals surface area contributed by atoms with Gasteiger partial charge in [0.2, 0.25) is 0 Å². The molecule has 6 heteroatoms. The van der Waals surface area contributed by atoms with Crippen molar-refractivity contribution in [2.45, 2.75) is 13.8 Å². The van der Waals surface area contributed by atoms with E-state index in [2.05, 4.69) is 31.8 Å². The van der Waals surface area contributed by atoms with Crippen LogP contribution in [-0.2, 0) is 0 Å². The van der Waals surface area contributed by atoms with Crippen LogP contribution >= 0.6 is 28.1 Å². The normalized spacial score (nSPS) is 10.4. The molecule has 0 bridgehead atoms. The number of halogens is 1. The first-order valence-electron chi connectivity index (χ1n) is 5.66. The average molecular weight is 330 g/mol. The van der Waals surface area contributed by atoms with E-state index in [1.807, 2.05) is 32.0 Å². The van der Waals surface area contributed by atoms with E-state index in [9.17, 15) is 0 Å². The van der Waals surface area contributed by atoms with Crippen LogP contribution < -0.4 is 15.5 Å². The van der Waals surface area contributed by atoms with Crippen LogP contribution in [0.3, 0.4) is 0 Å². The third-order valence-electron chi connectivity index (χ3n) is 1.98. The van der Waals surface area contributed by atoms with Crippen molar-refractivity contribution < 1.29 is 4.74 Å². The molecule has 0 aliphatic heterocycles. The highest BCUT2D eigenvalue weighted by Gasteiger charge is 2.01. The van der Waals surface area contributed by atoms with Crippen LogP contribution in [0.1, 0.15) is 19.4 Å². The molecule has 0 saturated carbocycles. The predicted octanol–water partition coefficient (Wildman–Crippen LogP) is 2.67. The van der Waals surface area contributed by atoms with E-state index in [0.29, 0.717) is 11.7 Å². The van der Waals surface area contributed by atoms with E-state index in [-0.39, 0.29) is 0 Å². The largest absolute Gasteiger partial charge is 0.493 e. The van der Waals surface area contributed by atoms with E-state index >= 15 is 0 Å². The van der Waals surface area contributed by atoms with Gasteiger partial charge in [-0.15, -0.1) is 0 Å². The fourth-order valence-electron chi connectivity index (χ4n) is 1.27. The molecule has 0 atom stereocenters. The first kappa shape index (κ1) is 14.9. The van der Waals surface area contributed by atoms with Crippen molar-refractivity contribution >= 4 is 39.5 Å². The highest BCUT2D eigenvalue weighted by atomic mass is 79.9. The molecule has 0 unspecified atom stereocenters. The molecule has 0 radical (unpaired) electrons. The second-order valence-electron chi connectivity index (χ2n) is 3.34. The van der Waals surface area contributed by atoms with Gasteiger partial charge in [0.05, 0.1) is 12.8 Å². The van der Waals surface area contributed by atoms with Gasteiger partial charge in [0.1, 0.15) is 5.75 Å². The summed E-state index contributed by atoms with van der Waals surface area (Å²) in [5, 5.41) is 7.52. The molecule has 0 aliphatic carbocycles. The molecule has 0 aliphatic rings. The van der Waals surface area contributed by atoms with Gasteiger partial charge in [0, 0.05) is 16.6 Å². The lowest BCUT2D eigenvalue weighted by Crippen LogP contribution is -2.31. The maximum atomic E-state index is 5.51. The van der Waals surface area contributed by atoms with Crippen LogP contribution in [0, 0.1) is 0 Å². The molecule has 0 saturated heterocycles. The predicted molar refractivity (Wildman–Crippen MR) is 82.3 cm³/mol. The van der Waals surface area contributed by atoms with Gasteiger partial charge in [0.15, 0.2) is 5.11 Å². The summed E-state index contributed by atoms with van der Waals surface area (Å²) in [4.78, 5) is 0. The van der Waals surface area contributed by atoms with E-state index in [1.54, 1.807) is 6.21 Å². The first-order valence-corrected chi connectivity index (χ1v) is 6.86. The number of rotatable bonds is 5. The lowest BCUT2D eigenvalue weighted by Gasteiger charge is -2.07. The molecular weight excluding hydrogens is 314 g/mol. The second kappa shape index (κ2) is 8.05. The van der Waals surface area contributed by atoms with Crippen molar-refractivity contribution in [1.29, 1.82) is 0 Å². The Morgan fingerprint density at radius 3 is 2.94 bits per heavy atom. The minimum Gasteiger partial charge on any atom is -0.493 e. The Morgan fingerprint density at radius 1 is 1.50 bits per heavy atom. The van der Waals surface area contributed by atoms with E-state index in [1.165, 1.54) is 0 Å². The monoisotopic (exact) mass is 329 g/mol. The van der Waals surface area contributed by atoms with Crippen LogP contribution in [-0.4, -0.2) is 24.5 Å². The number of hydrazone groups is 1. The molecule has 4 nitrogen and oxygen atoms in total. The van der Waals surface area contributed by atoms with E-state index < -0.39 is 0 Å². The number of ether oxygens (including phenoxy) is 1. The lowest BCUT2D eigenvalue weighted by atomic mass is 10.2. The third-order valence-corrected chi connectivity index (χ3v) is 2.71. The van der Waals surface area contributed by atoms with Gasteiger partial charge >= 0.3 is 0 Å². The smallest absolute Gasteiger partial charge is 0.186 e. The average Bonchev–Trinajstić information content (AvgIpc) is 2.33. The summed E-state index contributed by atoms with van der Waals surface area (Å²) in [6.45, 7) is 5.30. The zero-order valence-electron chi connectivity index (χ0n) is 10.4. The first-order chi connectivity index (χ1) is 8.67. The van der Waals surface area contributed by atoms with Crippen molar-refractivity contribution in [3.63, 3.8) is 0 Å². The Kier molecular flexibility index (Phi) is 6.67. The summed E-state index contributed by atoms with van der Waals surface area (Å²) in [5.74, 6) is 0.792. The molecule has 1 rings (SSSR count). The molecule has 18 heavy (non-hydrogen) atoms. The highest BCUT2D eigenvalue weighted by Crippen LogP contribution is 2.21.